The van der Waals surface area contributed by atoms with Crippen molar-refractivity contribution in [2.24, 2.45) is 5.92 Å². The Morgan fingerprint density at radius 1 is 1.12 bits per heavy atom. The lowest BCUT2D eigenvalue weighted by atomic mass is 9.98. The van der Waals surface area contributed by atoms with Crippen LogP contribution in [0.25, 0.3) is 0 Å². The molecule has 1 aliphatic heterocycles. The van der Waals surface area contributed by atoms with E-state index in [4.69, 9.17) is 5.11 Å². The molecule has 0 aliphatic carbocycles. The number of likely N-dealkylation sites (tertiary alicyclic amines) is 1. The van der Waals surface area contributed by atoms with Crippen LogP contribution in [0.1, 0.15) is 28.7 Å². The SMILES string of the molecule is Cc1ccccc1CC(=O)N1CC[C@@H](Cc2ccc(CO)cc2)C1. The lowest BCUT2D eigenvalue weighted by Gasteiger charge is -2.17. The van der Waals surface area contributed by atoms with Crippen molar-refractivity contribution >= 4 is 5.91 Å². The first-order valence-electron chi connectivity index (χ1n) is 8.66. The molecule has 1 N–H and O–H groups in total. The highest BCUT2D eigenvalue weighted by atomic mass is 16.3. The van der Waals surface area contributed by atoms with Crippen LogP contribution >= 0.6 is 0 Å². The first kappa shape index (κ1) is 16.7. The second-order valence-electron chi connectivity index (χ2n) is 6.78. The number of amides is 1. The van der Waals surface area contributed by atoms with E-state index in [1.54, 1.807) is 0 Å². The summed E-state index contributed by atoms with van der Waals surface area (Å²) in [4.78, 5) is 14.6. The van der Waals surface area contributed by atoms with Crippen molar-refractivity contribution in [1.29, 1.82) is 0 Å². The van der Waals surface area contributed by atoms with Crippen molar-refractivity contribution in [1.82, 2.24) is 4.90 Å². The maximum atomic E-state index is 12.5. The van der Waals surface area contributed by atoms with Gasteiger partial charge in [-0.3, -0.25) is 4.79 Å². The van der Waals surface area contributed by atoms with E-state index in [9.17, 15) is 4.79 Å². The van der Waals surface area contributed by atoms with Crippen LogP contribution in [-0.2, 0) is 24.2 Å². The molecular weight excluding hydrogens is 298 g/mol. The summed E-state index contributed by atoms with van der Waals surface area (Å²) in [6.07, 6.45) is 2.58. The monoisotopic (exact) mass is 323 g/mol. The summed E-state index contributed by atoms with van der Waals surface area (Å²) in [5, 5.41) is 9.10. The van der Waals surface area contributed by atoms with Crippen molar-refractivity contribution in [3.05, 3.63) is 70.8 Å². The predicted molar refractivity (Wildman–Crippen MR) is 95.6 cm³/mol. The van der Waals surface area contributed by atoms with Gasteiger partial charge in [0.15, 0.2) is 0 Å². The van der Waals surface area contributed by atoms with Gasteiger partial charge in [0.2, 0.25) is 5.91 Å². The molecule has 24 heavy (non-hydrogen) atoms. The van der Waals surface area contributed by atoms with Crippen molar-refractivity contribution in [3.8, 4) is 0 Å². The second kappa shape index (κ2) is 7.63. The van der Waals surface area contributed by atoms with Gasteiger partial charge in [0.1, 0.15) is 0 Å². The molecule has 1 heterocycles. The Morgan fingerprint density at radius 3 is 2.54 bits per heavy atom. The fourth-order valence-electron chi connectivity index (χ4n) is 3.42. The van der Waals surface area contributed by atoms with E-state index in [-0.39, 0.29) is 12.5 Å². The molecule has 0 aromatic heterocycles. The quantitative estimate of drug-likeness (QED) is 0.918. The minimum atomic E-state index is 0.0882. The normalized spacial score (nSPS) is 17.2. The maximum Gasteiger partial charge on any atom is 0.227 e. The number of hydrogen-bond donors (Lipinski definition) is 1. The molecule has 3 rings (SSSR count). The summed E-state index contributed by atoms with van der Waals surface area (Å²) < 4.78 is 0. The Bertz CT molecular complexity index is 693. The Balaban J connectivity index is 1.54. The van der Waals surface area contributed by atoms with Gasteiger partial charge in [0.25, 0.3) is 0 Å². The summed E-state index contributed by atoms with van der Waals surface area (Å²) in [5.74, 6) is 0.772. The number of nitrogens with zero attached hydrogens (tertiary/aromatic N) is 1. The molecule has 0 spiro atoms. The van der Waals surface area contributed by atoms with E-state index in [0.29, 0.717) is 12.3 Å². The van der Waals surface area contributed by atoms with Crippen LogP contribution in [-0.4, -0.2) is 29.0 Å². The number of carbonyl (C=O) groups is 1. The van der Waals surface area contributed by atoms with Gasteiger partial charge in [-0.05, 0) is 47.9 Å². The number of rotatable bonds is 5. The third kappa shape index (κ3) is 4.04. The molecule has 126 valence electrons. The van der Waals surface area contributed by atoms with Gasteiger partial charge in [-0.2, -0.15) is 0 Å². The number of carbonyl (C=O) groups excluding carboxylic acids is 1. The fourth-order valence-corrected chi connectivity index (χ4v) is 3.42. The Morgan fingerprint density at radius 2 is 1.83 bits per heavy atom. The minimum absolute atomic E-state index is 0.0882. The molecule has 0 saturated carbocycles. The minimum Gasteiger partial charge on any atom is -0.392 e. The van der Waals surface area contributed by atoms with E-state index in [1.807, 2.05) is 35.2 Å². The van der Waals surface area contributed by atoms with Crippen LogP contribution in [0.15, 0.2) is 48.5 Å². The van der Waals surface area contributed by atoms with Gasteiger partial charge in [-0.15, -0.1) is 0 Å². The first-order valence-corrected chi connectivity index (χ1v) is 8.66. The second-order valence-corrected chi connectivity index (χ2v) is 6.78. The van der Waals surface area contributed by atoms with Crippen molar-refractivity contribution < 1.29 is 9.90 Å². The maximum absolute atomic E-state index is 12.5. The highest BCUT2D eigenvalue weighted by Crippen LogP contribution is 2.22. The number of benzene rings is 2. The zero-order valence-electron chi connectivity index (χ0n) is 14.2. The zero-order chi connectivity index (χ0) is 16.9. The number of aryl methyl sites for hydroxylation is 1. The molecule has 1 atom stereocenters. The largest absolute Gasteiger partial charge is 0.392 e. The average Bonchev–Trinajstić information content (AvgIpc) is 3.06. The molecule has 3 nitrogen and oxygen atoms in total. The number of aliphatic hydroxyl groups is 1. The van der Waals surface area contributed by atoms with Crippen LogP contribution in [0, 0.1) is 12.8 Å². The first-order chi connectivity index (χ1) is 11.7. The van der Waals surface area contributed by atoms with Crippen LogP contribution in [0.5, 0.6) is 0 Å². The Labute approximate surface area is 143 Å². The molecule has 1 saturated heterocycles. The van der Waals surface area contributed by atoms with Gasteiger partial charge in [-0.1, -0.05) is 48.5 Å². The molecule has 0 radical (unpaired) electrons. The molecule has 3 heteroatoms. The number of aliphatic hydroxyl groups excluding tert-OH is 1. The molecule has 1 fully saturated rings. The summed E-state index contributed by atoms with van der Waals surface area (Å²) >= 11 is 0. The van der Waals surface area contributed by atoms with Gasteiger partial charge in [0.05, 0.1) is 13.0 Å². The third-order valence-electron chi connectivity index (χ3n) is 4.97. The number of hydrogen-bond acceptors (Lipinski definition) is 2. The molecular formula is C21H25NO2. The van der Waals surface area contributed by atoms with Gasteiger partial charge >= 0.3 is 0 Å². The van der Waals surface area contributed by atoms with Crippen LogP contribution in [0.3, 0.4) is 0 Å². The summed E-state index contributed by atoms with van der Waals surface area (Å²) in [6.45, 7) is 3.87. The van der Waals surface area contributed by atoms with Crippen molar-refractivity contribution in [2.45, 2.75) is 32.8 Å². The van der Waals surface area contributed by atoms with E-state index < -0.39 is 0 Å². The molecule has 2 aromatic carbocycles. The third-order valence-corrected chi connectivity index (χ3v) is 4.97. The van der Waals surface area contributed by atoms with Gasteiger partial charge in [-0.25, -0.2) is 0 Å². The topological polar surface area (TPSA) is 40.5 Å². The molecule has 0 unspecified atom stereocenters. The van der Waals surface area contributed by atoms with Crippen molar-refractivity contribution in [2.75, 3.05) is 13.1 Å². The average molecular weight is 323 g/mol. The lowest BCUT2D eigenvalue weighted by Crippen LogP contribution is -2.30. The summed E-state index contributed by atoms with van der Waals surface area (Å²) in [7, 11) is 0. The Kier molecular flexibility index (Phi) is 5.31. The van der Waals surface area contributed by atoms with E-state index in [0.717, 1.165) is 37.1 Å². The predicted octanol–water partition coefficient (Wildman–Crippen LogP) is 3.12. The molecule has 2 aromatic rings. The molecule has 1 amide bonds. The Hall–Kier alpha value is -2.13. The molecule has 0 bridgehead atoms. The van der Waals surface area contributed by atoms with E-state index in [1.165, 1.54) is 11.1 Å². The van der Waals surface area contributed by atoms with Crippen LogP contribution < -0.4 is 0 Å². The highest BCUT2D eigenvalue weighted by molar-refractivity contribution is 5.79. The highest BCUT2D eigenvalue weighted by Gasteiger charge is 2.26. The lowest BCUT2D eigenvalue weighted by molar-refractivity contribution is -0.129. The van der Waals surface area contributed by atoms with Crippen molar-refractivity contribution in [3.63, 3.8) is 0 Å². The smallest absolute Gasteiger partial charge is 0.227 e. The standard InChI is InChI=1S/C21H25NO2/c1-16-4-2-3-5-20(16)13-21(24)22-11-10-19(14-22)12-17-6-8-18(15-23)9-7-17/h2-9,19,23H,10-15H2,1H3/t19-/m0/s1. The van der Waals surface area contributed by atoms with E-state index in [2.05, 4.69) is 25.1 Å². The summed E-state index contributed by atoms with van der Waals surface area (Å²) in [6, 6.07) is 16.2. The molecule has 1 aliphatic rings. The van der Waals surface area contributed by atoms with Gasteiger partial charge < -0.3 is 10.0 Å². The van der Waals surface area contributed by atoms with Gasteiger partial charge in [0, 0.05) is 13.1 Å². The fraction of sp³-hybridized carbons (Fsp3) is 0.381. The zero-order valence-corrected chi connectivity index (χ0v) is 14.2. The van der Waals surface area contributed by atoms with Crippen LogP contribution in [0.2, 0.25) is 0 Å². The van der Waals surface area contributed by atoms with E-state index >= 15 is 0 Å². The van der Waals surface area contributed by atoms with Crippen LogP contribution in [0.4, 0.5) is 0 Å². The summed E-state index contributed by atoms with van der Waals surface area (Å²) in [5.41, 5.74) is 4.54.